The first-order valence-corrected chi connectivity index (χ1v) is 5.38. The van der Waals surface area contributed by atoms with E-state index in [2.05, 4.69) is 39.7 Å². The van der Waals surface area contributed by atoms with E-state index in [0.717, 1.165) is 12.8 Å². The second-order valence-corrected chi connectivity index (χ2v) is 5.53. The number of hydrogen-bond donors (Lipinski definition) is 2. The molecular weight excluding hydrogens is 172 g/mol. The molecule has 0 amide bonds. The third-order valence-corrected chi connectivity index (χ3v) is 2.95. The summed E-state index contributed by atoms with van der Waals surface area (Å²) in [5.41, 5.74) is 4.42. The summed E-state index contributed by atoms with van der Waals surface area (Å²) in [4.78, 5) is 0. The predicted molar refractivity (Wildman–Crippen MR) is 63.8 cm³/mol. The summed E-state index contributed by atoms with van der Waals surface area (Å²) in [6.07, 6.45) is 2.07. The molecule has 2 nitrogen and oxygen atoms in total. The standard InChI is InChI=1S/C12H26N2/c1-9(2)7-11(14-13)8-10(3)12(4,5)6/h10-11,14H,1,7-8,13H2,2-6H3. The van der Waals surface area contributed by atoms with Crippen LogP contribution in [0.5, 0.6) is 0 Å². The molecular formula is C12H26N2. The summed E-state index contributed by atoms with van der Waals surface area (Å²) in [5.74, 6) is 6.18. The molecule has 14 heavy (non-hydrogen) atoms. The van der Waals surface area contributed by atoms with Crippen molar-refractivity contribution < 1.29 is 0 Å². The quantitative estimate of drug-likeness (QED) is 0.405. The largest absolute Gasteiger partial charge is 0.271 e. The Labute approximate surface area is 88.9 Å². The first-order chi connectivity index (χ1) is 6.27. The Morgan fingerprint density at radius 3 is 2.21 bits per heavy atom. The fourth-order valence-corrected chi connectivity index (χ4v) is 1.41. The van der Waals surface area contributed by atoms with Crippen molar-refractivity contribution in [2.45, 2.75) is 53.5 Å². The van der Waals surface area contributed by atoms with Crippen LogP contribution in [-0.4, -0.2) is 6.04 Å². The molecule has 0 heterocycles. The van der Waals surface area contributed by atoms with Gasteiger partial charge >= 0.3 is 0 Å². The van der Waals surface area contributed by atoms with Crippen LogP contribution in [0, 0.1) is 11.3 Å². The number of hydrazine groups is 1. The highest BCUT2D eigenvalue weighted by Crippen LogP contribution is 2.29. The van der Waals surface area contributed by atoms with Gasteiger partial charge in [0.05, 0.1) is 0 Å². The van der Waals surface area contributed by atoms with Crippen molar-refractivity contribution >= 4 is 0 Å². The SMILES string of the molecule is C=C(C)CC(CC(C)C(C)(C)C)NN. The van der Waals surface area contributed by atoms with Crippen molar-refractivity contribution in [3.63, 3.8) is 0 Å². The van der Waals surface area contributed by atoms with Gasteiger partial charge in [0.25, 0.3) is 0 Å². The minimum atomic E-state index is 0.351. The molecule has 0 bridgehead atoms. The fraction of sp³-hybridized carbons (Fsp3) is 0.833. The van der Waals surface area contributed by atoms with E-state index in [-0.39, 0.29) is 0 Å². The van der Waals surface area contributed by atoms with Gasteiger partial charge in [-0.05, 0) is 31.1 Å². The number of nitrogens with one attached hydrogen (secondary N) is 1. The van der Waals surface area contributed by atoms with E-state index < -0.39 is 0 Å². The molecule has 2 unspecified atom stereocenters. The molecule has 0 rings (SSSR count). The molecule has 0 saturated carbocycles. The van der Waals surface area contributed by atoms with Crippen LogP contribution in [0.1, 0.15) is 47.5 Å². The van der Waals surface area contributed by atoms with Gasteiger partial charge in [-0.3, -0.25) is 11.3 Å². The topological polar surface area (TPSA) is 38.0 Å². The molecule has 0 radical (unpaired) electrons. The lowest BCUT2D eigenvalue weighted by Crippen LogP contribution is -2.38. The molecule has 0 aliphatic carbocycles. The molecule has 3 N–H and O–H groups in total. The zero-order valence-corrected chi connectivity index (χ0v) is 10.4. The van der Waals surface area contributed by atoms with Crippen molar-refractivity contribution in [3.8, 4) is 0 Å². The lowest BCUT2D eigenvalue weighted by atomic mass is 9.78. The van der Waals surface area contributed by atoms with Crippen LogP contribution >= 0.6 is 0 Å². The van der Waals surface area contributed by atoms with Crippen molar-refractivity contribution in [3.05, 3.63) is 12.2 Å². The lowest BCUT2D eigenvalue weighted by molar-refractivity contribution is 0.222. The van der Waals surface area contributed by atoms with Crippen LogP contribution in [0.15, 0.2) is 12.2 Å². The average Bonchev–Trinajstić information content (AvgIpc) is 2.00. The van der Waals surface area contributed by atoms with Crippen LogP contribution in [0.4, 0.5) is 0 Å². The zero-order valence-electron chi connectivity index (χ0n) is 10.4. The third-order valence-electron chi connectivity index (χ3n) is 2.95. The Hall–Kier alpha value is -0.340. The Bertz CT molecular complexity index is 179. The monoisotopic (exact) mass is 198 g/mol. The maximum atomic E-state index is 5.52. The molecule has 0 saturated heterocycles. The molecule has 0 aromatic carbocycles. The Balaban J connectivity index is 4.11. The Morgan fingerprint density at radius 2 is 1.93 bits per heavy atom. The first-order valence-electron chi connectivity index (χ1n) is 5.38. The molecule has 2 atom stereocenters. The van der Waals surface area contributed by atoms with E-state index in [4.69, 9.17) is 5.84 Å². The average molecular weight is 198 g/mol. The molecule has 0 aliphatic heterocycles. The highest BCUT2D eigenvalue weighted by molar-refractivity contribution is 4.93. The highest BCUT2D eigenvalue weighted by Gasteiger charge is 2.22. The summed E-state index contributed by atoms with van der Waals surface area (Å²) >= 11 is 0. The highest BCUT2D eigenvalue weighted by atomic mass is 15.2. The Kier molecular flexibility index (Phi) is 5.38. The molecule has 0 aromatic rings. The van der Waals surface area contributed by atoms with Crippen LogP contribution in [0.25, 0.3) is 0 Å². The molecule has 0 spiro atoms. The first kappa shape index (κ1) is 13.7. The minimum Gasteiger partial charge on any atom is -0.271 e. The van der Waals surface area contributed by atoms with Gasteiger partial charge in [0.2, 0.25) is 0 Å². The van der Waals surface area contributed by atoms with E-state index in [1.54, 1.807) is 0 Å². The van der Waals surface area contributed by atoms with Gasteiger partial charge in [-0.25, -0.2) is 0 Å². The van der Waals surface area contributed by atoms with Crippen molar-refractivity contribution in [2.75, 3.05) is 0 Å². The molecule has 0 fully saturated rings. The zero-order chi connectivity index (χ0) is 11.4. The predicted octanol–water partition coefficient (Wildman–Crippen LogP) is 2.86. The van der Waals surface area contributed by atoms with Crippen molar-refractivity contribution in [1.29, 1.82) is 0 Å². The van der Waals surface area contributed by atoms with Gasteiger partial charge in [-0.2, -0.15) is 0 Å². The van der Waals surface area contributed by atoms with Gasteiger partial charge in [-0.15, -0.1) is 6.58 Å². The van der Waals surface area contributed by atoms with Gasteiger partial charge in [0, 0.05) is 6.04 Å². The fourth-order valence-electron chi connectivity index (χ4n) is 1.41. The maximum Gasteiger partial charge on any atom is 0.0250 e. The van der Waals surface area contributed by atoms with E-state index in [9.17, 15) is 0 Å². The molecule has 84 valence electrons. The van der Waals surface area contributed by atoms with Gasteiger partial charge in [-0.1, -0.05) is 33.3 Å². The van der Waals surface area contributed by atoms with E-state index in [0.29, 0.717) is 17.4 Å². The number of hydrogen-bond acceptors (Lipinski definition) is 2. The number of rotatable bonds is 5. The summed E-state index contributed by atoms with van der Waals surface area (Å²) in [5, 5.41) is 0. The van der Waals surface area contributed by atoms with Crippen LogP contribution in [0.3, 0.4) is 0 Å². The van der Waals surface area contributed by atoms with Crippen LogP contribution in [-0.2, 0) is 0 Å². The lowest BCUT2D eigenvalue weighted by Gasteiger charge is -2.30. The summed E-state index contributed by atoms with van der Waals surface area (Å²) in [6, 6.07) is 0.363. The molecule has 0 aromatic heterocycles. The van der Waals surface area contributed by atoms with Crippen LogP contribution < -0.4 is 11.3 Å². The van der Waals surface area contributed by atoms with Gasteiger partial charge in [0.1, 0.15) is 0 Å². The van der Waals surface area contributed by atoms with E-state index >= 15 is 0 Å². The van der Waals surface area contributed by atoms with Gasteiger partial charge in [0.15, 0.2) is 0 Å². The minimum absolute atomic E-state index is 0.351. The summed E-state index contributed by atoms with van der Waals surface area (Å²) in [6.45, 7) is 15.1. The normalized spacial score (nSPS) is 16.4. The van der Waals surface area contributed by atoms with Crippen molar-refractivity contribution in [2.24, 2.45) is 17.2 Å². The van der Waals surface area contributed by atoms with Gasteiger partial charge < -0.3 is 0 Å². The van der Waals surface area contributed by atoms with E-state index in [1.165, 1.54) is 5.57 Å². The van der Waals surface area contributed by atoms with E-state index in [1.807, 2.05) is 6.92 Å². The smallest absolute Gasteiger partial charge is 0.0250 e. The second-order valence-electron chi connectivity index (χ2n) is 5.53. The summed E-state index contributed by atoms with van der Waals surface area (Å²) < 4.78 is 0. The molecule has 0 aliphatic rings. The second kappa shape index (κ2) is 5.52. The van der Waals surface area contributed by atoms with Crippen molar-refractivity contribution in [1.82, 2.24) is 5.43 Å². The Morgan fingerprint density at radius 1 is 1.43 bits per heavy atom. The third kappa shape index (κ3) is 5.40. The maximum absolute atomic E-state index is 5.52. The molecule has 2 heteroatoms. The van der Waals surface area contributed by atoms with Crippen LogP contribution in [0.2, 0.25) is 0 Å². The summed E-state index contributed by atoms with van der Waals surface area (Å²) in [7, 11) is 0. The number of nitrogens with two attached hydrogens (primary N) is 1.